The van der Waals surface area contributed by atoms with E-state index in [-0.39, 0.29) is 35.9 Å². The maximum absolute atomic E-state index is 13.5. The molecule has 5 rings (SSSR count). The molecule has 2 heterocycles. The van der Waals surface area contributed by atoms with E-state index < -0.39 is 17.2 Å². The predicted octanol–water partition coefficient (Wildman–Crippen LogP) is 3.89. The van der Waals surface area contributed by atoms with Gasteiger partial charge in [0.25, 0.3) is 5.56 Å². The largest absolute Gasteiger partial charge is 0.478 e. The summed E-state index contributed by atoms with van der Waals surface area (Å²) < 4.78 is 9.88. The molecule has 38 heavy (non-hydrogen) atoms. The zero-order valence-electron chi connectivity index (χ0n) is 21.4. The molecule has 0 amide bonds. The standard InChI is InChI=1S/C29H28N4O5/c1-18(2)38-15-14-32-26-24(27(34)31(3)29(32)37)25(20-10-7-11-21(16-20)28(35)36)33(30-26)17-22-12-6-9-19-8-4-5-13-23(19)22/h4-13,16,18H,14-15,17H2,1-3H3,(H,35,36). The van der Waals surface area contributed by atoms with Gasteiger partial charge < -0.3 is 9.84 Å². The quantitative estimate of drug-likeness (QED) is 0.338. The van der Waals surface area contributed by atoms with Crippen LogP contribution in [-0.4, -0.2) is 42.7 Å². The molecule has 0 unspecified atom stereocenters. The molecule has 2 aromatic heterocycles. The van der Waals surface area contributed by atoms with Crippen molar-refractivity contribution >= 4 is 27.8 Å². The SMILES string of the molecule is CC(C)OCCn1c(=O)n(C)c(=O)c2c(-c3cccc(C(=O)O)c3)n(Cc3cccc4ccccc34)nc21. The van der Waals surface area contributed by atoms with Crippen molar-refractivity contribution in [2.24, 2.45) is 7.05 Å². The van der Waals surface area contributed by atoms with Crippen LogP contribution < -0.4 is 11.2 Å². The molecular formula is C29H28N4O5. The number of hydrogen-bond donors (Lipinski definition) is 1. The Bertz CT molecular complexity index is 1790. The van der Waals surface area contributed by atoms with Gasteiger partial charge >= 0.3 is 11.7 Å². The molecule has 1 N–H and O–H groups in total. The first-order valence-corrected chi connectivity index (χ1v) is 12.4. The minimum absolute atomic E-state index is 0.0213. The monoisotopic (exact) mass is 512 g/mol. The molecule has 0 aliphatic heterocycles. The van der Waals surface area contributed by atoms with Crippen LogP contribution in [0, 0.1) is 0 Å². The molecule has 3 aromatic carbocycles. The zero-order chi connectivity index (χ0) is 27.0. The minimum atomic E-state index is -1.08. The number of carbonyl (C=O) groups is 1. The fourth-order valence-electron chi connectivity index (χ4n) is 4.74. The molecule has 0 saturated heterocycles. The first kappa shape index (κ1) is 25.2. The number of aromatic carboxylic acids is 1. The number of rotatable bonds is 8. The first-order valence-electron chi connectivity index (χ1n) is 12.4. The first-order chi connectivity index (χ1) is 18.3. The third-order valence-electron chi connectivity index (χ3n) is 6.58. The Morgan fingerprint density at radius 3 is 2.53 bits per heavy atom. The van der Waals surface area contributed by atoms with Crippen LogP contribution in [-0.2, 0) is 24.9 Å². The summed E-state index contributed by atoms with van der Waals surface area (Å²) in [4.78, 5) is 38.4. The second-order valence-electron chi connectivity index (χ2n) is 9.45. The van der Waals surface area contributed by atoms with Gasteiger partial charge in [0.1, 0.15) is 5.39 Å². The van der Waals surface area contributed by atoms with Crippen LogP contribution in [0.15, 0.2) is 76.3 Å². The fraction of sp³-hybridized carbons (Fsp3) is 0.241. The van der Waals surface area contributed by atoms with E-state index in [0.29, 0.717) is 17.8 Å². The predicted molar refractivity (Wildman–Crippen MR) is 146 cm³/mol. The smallest absolute Gasteiger partial charge is 0.335 e. The van der Waals surface area contributed by atoms with Crippen molar-refractivity contribution in [3.05, 3.63) is 98.7 Å². The van der Waals surface area contributed by atoms with Crippen molar-refractivity contribution in [1.82, 2.24) is 18.9 Å². The molecule has 9 heteroatoms. The Kier molecular flexibility index (Phi) is 6.69. The second kappa shape index (κ2) is 10.1. The van der Waals surface area contributed by atoms with Gasteiger partial charge in [-0.15, -0.1) is 0 Å². The average Bonchev–Trinajstić information content (AvgIpc) is 3.28. The number of carboxylic acid groups (broad SMARTS) is 1. The van der Waals surface area contributed by atoms with Crippen molar-refractivity contribution < 1.29 is 14.6 Å². The number of carboxylic acids is 1. The van der Waals surface area contributed by atoms with E-state index in [1.165, 1.54) is 23.7 Å². The Labute approximate surface area is 218 Å². The van der Waals surface area contributed by atoms with Gasteiger partial charge in [-0.1, -0.05) is 54.6 Å². The third-order valence-corrected chi connectivity index (χ3v) is 6.58. The molecule has 5 aromatic rings. The molecular weight excluding hydrogens is 484 g/mol. The lowest BCUT2D eigenvalue weighted by Crippen LogP contribution is -2.39. The van der Waals surface area contributed by atoms with Crippen LogP contribution in [0.2, 0.25) is 0 Å². The molecule has 0 aliphatic rings. The summed E-state index contributed by atoms with van der Waals surface area (Å²) in [7, 11) is 1.43. The van der Waals surface area contributed by atoms with E-state index in [1.807, 2.05) is 56.3 Å². The highest BCUT2D eigenvalue weighted by atomic mass is 16.5. The third kappa shape index (κ3) is 4.52. The van der Waals surface area contributed by atoms with Crippen LogP contribution in [0.25, 0.3) is 33.1 Å². The van der Waals surface area contributed by atoms with E-state index in [2.05, 4.69) is 0 Å². The Morgan fingerprint density at radius 1 is 1.03 bits per heavy atom. The maximum Gasteiger partial charge on any atom is 0.335 e. The summed E-state index contributed by atoms with van der Waals surface area (Å²) in [6.45, 7) is 4.60. The minimum Gasteiger partial charge on any atom is -0.478 e. The van der Waals surface area contributed by atoms with Crippen molar-refractivity contribution in [3.8, 4) is 11.3 Å². The van der Waals surface area contributed by atoms with Crippen molar-refractivity contribution in [2.45, 2.75) is 33.0 Å². The molecule has 0 aliphatic carbocycles. The summed E-state index contributed by atoms with van der Waals surface area (Å²) in [5.74, 6) is -1.08. The van der Waals surface area contributed by atoms with Gasteiger partial charge in [-0.05, 0) is 42.3 Å². The fourth-order valence-corrected chi connectivity index (χ4v) is 4.74. The molecule has 0 fully saturated rings. The number of ether oxygens (including phenoxy) is 1. The molecule has 0 atom stereocenters. The lowest BCUT2D eigenvalue weighted by molar-refractivity contribution is 0.0696. The van der Waals surface area contributed by atoms with Gasteiger partial charge in [0.2, 0.25) is 0 Å². The topological polar surface area (TPSA) is 108 Å². The van der Waals surface area contributed by atoms with E-state index in [0.717, 1.165) is 20.9 Å². The van der Waals surface area contributed by atoms with Crippen molar-refractivity contribution in [3.63, 3.8) is 0 Å². The average molecular weight is 513 g/mol. The highest BCUT2D eigenvalue weighted by molar-refractivity contribution is 5.94. The number of hydrogen-bond acceptors (Lipinski definition) is 5. The number of nitrogens with zero attached hydrogens (tertiary/aromatic N) is 4. The summed E-state index contributed by atoms with van der Waals surface area (Å²) in [5.41, 5.74) is 1.29. The van der Waals surface area contributed by atoms with Crippen LogP contribution in [0.4, 0.5) is 0 Å². The number of aromatic nitrogens is 4. The van der Waals surface area contributed by atoms with Gasteiger partial charge in [0.15, 0.2) is 5.65 Å². The summed E-state index contributed by atoms with van der Waals surface area (Å²) in [6, 6.07) is 20.4. The normalized spacial score (nSPS) is 11.6. The van der Waals surface area contributed by atoms with Gasteiger partial charge in [0, 0.05) is 12.6 Å². The zero-order valence-corrected chi connectivity index (χ0v) is 21.4. The summed E-state index contributed by atoms with van der Waals surface area (Å²) in [5, 5.41) is 16.8. The number of fused-ring (bicyclic) bond motifs is 2. The highest BCUT2D eigenvalue weighted by Gasteiger charge is 2.23. The molecule has 0 radical (unpaired) electrons. The van der Waals surface area contributed by atoms with Gasteiger partial charge in [0.05, 0.1) is 37.1 Å². The van der Waals surface area contributed by atoms with Gasteiger partial charge in [-0.3, -0.25) is 18.6 Å². The lowest BCUT2D eigenvalue weighted by Gasteiger charge is -2.11. The Hall–Kier alpha value is -4.50. The van der Waals surface area contributed by atoms with Crippen molar-refractivity contribution in [1.29, 1.82) is 0 Å². The Morgan fingerprint density at radius 2 is 1.76 bits per heavy atom. The van der Waals surface area contributed by atoms with Crippen molar-refractivity contribution in [2.75, 3.05) is 6.61 Å². The van der Waals surface area contributed by atoms with E-state index in [9.17, 15) is 19.5 Å². The summed E-state index contributed by atoms with van der Waals surface area (Å²) >= 11 is 0. The van der Waals surface area contributed by atoms with E-state index in [1.54, 1.807) is 16.8 Å². The lowest BCUT2D eigenvalue weighted by atomic mass is 10.0. The molecule has 0 spiro atoms. The molecule has 9 nitrogen and oxygen atoms in total. The van der Waals surface area contributed by atoms with Crippen LogP contribution in [0.1, 0.15) is 29.8 Å². The molecule has 0 saturated carbocycles. The number of benzene rings is 3. The second-order valence-corrected chi connectivity index (χ2v) is 9.45. The van der Waals surface area contributed by atoms with E-state index in [4.69, 9.17) is 9.84 Å². The van der Waals surface area contributed by atoms with Crippen LogP contribution in [0.3, 0.4) is 0 Å². The summed E-state index contributed by atoms with van der Waals surface area (Å²) in [6.07, 6.45) is -0.0213. The molecule has 194 valence electrons. The van der Waals surface area contributed by atoms with Gasteiger partial charge in [-0.25, -0.2) is 9.59 Å². The van der Waals surface area contributed by atoms with E-state index >= 15 is 0 Å². The maximum atomic E-state index is 13.5. The van der Waals surface area contributed by atoms with Gasteiger partial charge in [-0.2, -0.15) is 5.10 Å². The Balaban J connectivity index is 1.79. The van der Waals surface area contributed by atoms with Crippen LogP contribution in [0.5, 0.6) is 0 Å². The molecule has 0 bridgehead atoms. The highest BCUT2D eigenvalue weighted by Crippen LogP contribution is 2.29. The van der Waals surface area contributed by atoms with Crippen LogP contribution >= 0.6 is 0 Å².